The minimum absolute atomic E-state index is 0.342. The predicted octanol–water partition coefficient (Wildman–Crippen LogP) is 2.14. The summed E-state index contributed by atoms with van der Waals surface area (Å²) in [7, 11) is 0. The smallest absolute Gasteiger partial charge is 0.174 e. The van der Waals surface area contributed by atoms with Crippen LogP contribution in [0.5, 0.6) is 5.75 Å². The second kappa shape index (κ2) is 4.04. The zero-order chi connectivity index (χ0) is 10.7. The summed E-state index contributed by atoms with van der Waals surface area (Å²) in [6.07, 6.45) is 0. The molecule has 0 aliphatic rings. The van der Waals surface area contributed by atoms with Crippen LogP contribution in [0.3, 0.4) is 0 Å². The molecule has 4 nitrogen and oxygen atoms in total. The number of benzene rings is 1. The van der Waals surface area contributed by atoms with Gasteiger partial charge < -0.3 is 15.0 Å². The largest absolute Gasteiger partial charge is 0.483 e. The van der Waals surface area contributed by atoms with Gasteiger partial charge in [-0.15, -0.1) is 0 Å². The van der Waals surface area contributed by atoms with Gasteiger partial charge in [-0.3, -0.25) is 0 Å². The number of para-hydroxylation sites is 2. The van der Waals surface area contributed by atoms with Crippen molar-refractivity contribution in [2.45, 2.75) is 13.5 Å². The molecule has 0 fully saturated rings. The van der Waals surface area contributed by atoms with Crippen molar-refractivity contribution in [3.05, 3.63) is 41.8 Å². The third kappa shape index (κ3) is 2.28. The molecule has 2 aromatic rings. The number of hydrogen-bond donors (Lipinski definition) is 1. The molecule has 1 aromatic carbocycles. The van der Waals surface area contributed by atoms with Crippen LogP contribution in [0.25, 0.3) is 0 Å². The third-order valence-electron chi connectivity index (χ3n) is 1.97. The summed E-state index contributed by atoms with van der Waals surface area (Å²) >= 11 is 0. The highest BCUT2D eigenvalue weighted by Gasteiger charge is 2.03. The summed E-state index contributed by atoms with van der Waals surface area (Å²) in [6, 6.07) is 9.18. The van der Waals surface area contributed by atoms with E-state index in [9.17, 15) is 0 Å². The standard InChI is InChI=1S/C11H12N2O2/c1-8-6-9(15-13-8)7-14-11-5-3-2-4-10(11)12/h2-6H,7,12H2,1H3. The highest BCUT2D eigenvalue weighted by molar-refractivity contribution is 5.51. The molecule has 0 spiro atoms. The van der Waals surface area contributed by atoms with Crippen LogP contribution in [0.1, 0.15) is 11.5 Å². The van der Waals surface area contributed by atoms with E-state index in [1.165, 1.54) is 0 Å². The molecule has 0 aliphatic carbocycles. The van der Waals surface area contributed by atoms with Gasteiger partial charge in [0, 0.05) is 6.07 Å². The van der Waals surface area contributed by atoms with Crippen molar-refractivity contribution in [1.82, 2.24) is 5.16 Å². The van der Waals surface area contributed by atoms with Crippen LogP contribution >= 0.6 is 0 Å². The molecule has 0 aliphatic heterocycles. The molecule has 15 heavy (non-hydrogen) atoms. The van der Waals surface area contributed by atoms with Crippen molar-refractivity contribution < 1.29 is 9.26 Å². The Morgan fingerprint density at radius 1 is 1.40 bits per heavy atom. The van der Waals surface area contributed by atoms with E-state index in [2.05, 4.69) is 5.16 Å². The van der Waals surface area contributed by atoms with Crippen molar-refractivity contribution in [3.8, 4) is 5.75 Å². The topological polar surface area (TPSA) is 61.3 Å². The van der Waals surface area contributed by atoms with Gasteiger partial charge in [-0.05, 0) is 19.1 Å². The van der Waals surface area contributed by atoms with Gasteiger partial charge >= 0.3 is 0 Å². The Morgan fingerprint density at radius 2 is 2.20 bits per heavy atom. The first kappa shape index (κ1) is 9.58. The lowest BCUT2D eigenvalue weighted by atomic mass is 10.3. The number of anilines is 1. The monoisotopic (exact) mass is 204 g/mol. The van der Waals surface area contributed by atoms with E-state index in [4.69, 9.17) is 15.0 Å². The minimum Gasteiger partial charge on any atom is -0.483 e. The normalized spacial score (nSPS) is 10.2. The molecule has 2 N–H and O–H groups in total. The predicted molar refractivity (Wildman–Crippen MR) is 56.4 cm³/mol. The maximum Gasteiger partial charge on any atom is 0.174 e. The molecule has 78 valence electrons. The molecule has 0 atom stereocenters. The van der Waals surface area contributed by atoms with Crippen molar-refractivity contribution in [2.75, 3.05) is 5.73 Å². The van der Waals surface area contributed by atoms with Gasteiger partial charge in [-0.2, -0.15) is 0 Å². The Bertz CT molecular complexity index is 451. The van der Waals surface area contributed by atoms with Gasteiger partial charge in [-0.1, -0.05) is 17.3 Å². The van der Waals surface area contributed by atoms with Gasteiger partial charge in [0.1, 0.15) is 12.4 Å². The first-order valence-corrected chi connectivity index (χ1v) is 4.65. The number of aryl methyl sites for hydroxylation is 1. The quantitative estimate of drug-likeness (QED) is 0.778. The first-order valence-electron chi connectivity index (χ1n) is 4.65. The maximum absolute atomic E-state index is 5.72. The molecule has 0 radical (unpaired) electrons. The maximum atomic E-state index is 5.72. The molecule has 0 unspecified atom stereocenters. The number of nitrogen functional groups attached to an aromatic ring is 1. The fourth-order valence-electron chi connectivity index (χ4n) is 1.25. The zero-order valence-electron chi connectivity index (χ0n) is 8.43. The van der Waals surface area contributed by atoms with E-state index in [1.807, 2.05) is 31.2 Å². The van der Waals surface area contributed by atoms with Crippen LogP contribution in [0.15, 0.2) is 34.9 Å². The van der Waals surface area contributed by atoms with Crippen molar-refractivity contribution in [3.63, 3.8) is 0 Å². The zero-order valence-corrected chi connectivity index (χ0v) is 8.43. The average Bonchev–Trinajstić information content (AvgIpc) is 2.63. The van der Waals surface area contributed by atoms with Gasteiger partial charge in [0.15, 0.2) is 5.76 Å². The van der Waals surface area contributed by atoms with E-state index < -0.39 is 0 Å². The van der Waals surface area contributed by atoms with Crippen molar-refractivity contribution >= 4 is 5.69 Å². The lowest BCUT2D eigenvalue weighted by Crippen LogP contribution is -1.97. The van der Waals surface area contributed by atoms with Gasteiger partial charge in [0.25, 0.3) is 0 Å². The van der Waals surface area contributed by atoms with Crippen molar-refractivity contribution in [1.29, 1.82) is 0 Å². The van der Waals surface area contributed by atoms with Gasteiger partial charge in [0.05, 0.1) is 11.4 Å². The lowest BCUT2D eigenvalue weighted by molar-refractivity contribution is 0.250. The molecule has 1 aromatic heterocycles. The second-order valence-electron chi connectivity index (χ2n) is 3.26. The Balaban J connectivity index is 2.02. The molecule has 4 heteroatoms. The number of rotatable bonds is 3. The Labute approximate surface area is 87.6 Å². The fourth-order valence-corrected chi connectivity index (χ4v) is 1.25. The summed E-state index contributed by atoms with van der Waals surface area (Å²) < 4.78 is 10.5. The van der Waals surface area contributed by atoms with E-state index in [1.54, 1.807) is 6.07 Å². The summed E-state index contributed by atoms with van der Waals surface area (Å²) in [4.78, 5) is 0. The third-order valence-corrected chi connectivity index (χ3v) is 1.97. The summed E-state index contributed by atoms with van der Waals surface area (Å²) in [6.45, 7) is 2.21. The van der Waals surface area contributed by atoms with Crippen LogP contribution in [-0.4, -0.2) is 5.16 Å². The van der Waals surface area contributed by atoms with Crippen LogP contribution in [-0.2, 0) is 6.61 Å². The molecule has 0 saturated heterocycles. The molecular formula is C11H12N2O2. The second-order valence-corrected chi connectivity index (χ2v) is 3.26. The van der Waals surface area contributed by atoms with Crippen molar-refractivity contribution in [2.24, 2.45) is 0 Å². The summed E-state index contributed by atoms with van der Waals surface area (Å²) in [5.41, 5.74) is 7.18. The first-order chi connectivity index (χ1) is 7.25. The minimum atomic E-state index is 0.342. The SMILES string of the molecule is Cc1cc(COc2ccccc2N)on1. The number of ether oxygens (including phenoxy) is 1. The Morgan fingerprint density at radius 3 is 2.87 bits per heavy atom. The molecule has 0 amide bonds. The molecular weight excluding hydrogens is 192 g/mol. The fraction of sp³-hybridized carbons (Fsp3) is 0.182. The number of aromatic nitrogens is 1. The molecule has 0 bridgehead atoms. The van der Waals surface area contributed by atoms with E-state index in [0.717, 1.165) is 5.69 Å². The van der Waals surface area contributed by atoms with Gasteiger partial charge in [0.2, 0.25) is 0 Å². The molecule has 0 saturated carbocycles. The lowest BCUT2D eigenvalue weighted by Gasteiger charge is -2.05. The van der Waals surface area contributed by atoms with E-state index >= 15 is 0 Å². The molecule has 1 heterocycles. The number of nitrogens with zero attached hydrogens (tertiary/aromatic N) is 1. The highest BCUT2D eigenvalue weighted by atomic mass is 16.5. The molecule has 2 rings (SSSR count). The summed E-state index contributed by atoms with van der Waals surface area (Å²) in [5.74, 6) is 1.35. The van der Waals surface area contributed by atoms with E-state index in [0.29, 0.717) is 23.8 Å². The number of nitrogens with two attached hydrogens (primary N) is 1. The van der Waals surface area contributed by atoms with E-state index in [-0.39, 0.29) is 0 Å². The van der Waals surface area contributed by atoms with Gasteiger partial charge in [-0.25, -0.2) is 0 Å². The highest BCUT2D eigenvalue weighted by Crippen LogP contribution is 2.21. The van der Waals surface area contributed by atoms with Crippen LogP contribution in [0.2, 0.25) is 0 Å². The number of hydrogen-bond acceptors (Lipinski definition) is 4. The Kier molecular flexibility index (Phi) is 2.58. The average molecular weight is 204 g/mol. The van der Waals surface area contributed by atoms with Crippen LogP contribution in [0, 0.1) is 6.92 Å². The summed E-state index contributed by atoms with van der Waals surface area (Å²) in [5, 5.41) is 3.77. The van der Waals surface area contributed by atoms with Crippen LogP contribution < -0.4 is 10.5 Å². The Hall–Kier alpha value is -1.97. The van der Waals surface area contributed by atoms with Crippen LogP contribution in [0.4, 0.5) is 5.69 Å².